The van der Waals surface area contributed by atoms with Crippen LogP contribution in [0.2, 0.25) is 0 Å². The molecule has 176 valence electrons. The van der Waals surface area contributed by atoms with E-state index in [0.717, 1.165) is 61.3 Å². The van der Waals surface area contributed by atoms with E-state index in [1.54, 1.807) is 13.3 Å². The highest BCUT2D eigenvalue weighted by molar-refractivity contribution is 5.43. The summed E-state index contributed by atoms with van der Waals surface area (Å²) in [5.41, 5.74) is 3.47. The van der Waals surface area contributed by atoms with Crippen LogP contribution < -0.4 is 9.47 Å². The second-order valence-corrected chi connectivity index (χ2v) is 9.64. The Labute approximate surface area is 190 Å². The van der Waals surface area contributed by atoms with Crippen LogP contribution in [0.15, 0.2) is 12.3 Å². The number of piperidine rings is 1. The molecule has 8 heteroatoms. The molecular weight excluding hydrogens is 408 g/mol. The predicted octanol–water partition coefficient (Wildman–Crippen LogP) is 2.56. The third-order valence-corrected chi connectivity index (χ3v) is 6.16. The molecule has 1 unspecified atom stereocenters. The Morgan fingerprint density at radius 2 is 2.06 bits per heavy atom. The van der Waals surface area contributed by atoms with Crippen molar-refractivity contribution in [3.8, 4) is 17.4 Å². The van der Waals surface area contributed by atoms with Crippen LogP contribution in [0.4, 0.5) is 0 Å². The number of aliphatic hydroxyl groups is 1. The first-order valence-corrected chi connectivity index (χ1v) is 11.6. The largest absolute Gasteiger partial charge is 0.481 e. The Morgan fingerprint density at radius 1 is 1.25 bits per heavy atom. The van der Waals surface area contributed by atoms with Crippen molar-refractivity contribution >= 4 is 0 Å². The third kappa shape index (κ3) is 5.42. The highest BCUT2D eigenvalue weighted by atomic mass is 16.5. The molecule has 1 saturated heterocycles. The molecule has 0 aromatic carbocycles. The lowest BCUT2D eigenvalue weighted by molar-refractivity contribution is 0.0164. The van der Waals surface area contributed by atoms with E-state index in [9.17, 15) is 5.11 Å². The lowest BCUT2D eigenvalue weighted by Crippen LogP contribution is -2.45. The van der Waals surface area contributed by atoms with E-state index < -0.39 is 5.60 Å². The van der Waals surface area contributed by atoms with Gasteiger partial charge in [-0.2, -0.15) is 0 Å². The minimum Gasteiger partial charge on any atom is -0.481 e. The maximum Gasteiger partial charge on any atom is 0.236 e. The normalized spacial score (nSPS) is 20.0. The van der Waals surface area contributed by atoms with Crippen molar-refractivity contribution in [2.24, 2.45) is 5.92 Å². The van der Waals surface area contributed by atoms with Crippen molar-refractivity contribution in [3.05, 3.63) is 29.1 Å². The van der Waals surface area contributed by atoms with Gasteiger partial charge in [0.05, 0.1) is 50.1 Å². The summed E-state index contributed by atoms with van der Waals surface area (Å²) in [5, 5.41) is 15.0. The fraction of sp³-hybridized carbons (Fsp3) is 0.667. The van der Waals surface area contributed by atoms with Gasteiger partial charge in [0, 0.05) is 43.0 Å². The summed E-state index contributed by atoms with van der Waals surface area (Å²) in [6.45, 7) is 10.4. The number of β-amino-alcohol motifs (C(OH)–C–C–N with tert-alkyl or cyclic N) is 1. The fourth-order valence-corrected chi connectivity index (χ4v) is 4.80. The van der Waals surface area contributed by atoms with Crippen LogP contribution in [0.5, 0.6) is 11.8 Å². The van der Waals surface area contributed by atoms with Crippen molar-refractivity contribution in [1.82, 2.24) is 19.7 Å². The Bertz CT molecular complexity index is 921. The lowest BCUT2D eigenvalue weighted by atomic mass is 9.97. The zero-order valence-electron chi connectivity index (χ0n) is 19.8. The molecule has 1 N–H and O–H groups in total. The number of aryl methyl sites for hydroxylation is 1. The van der Waals surface area contributed by atoms with E-state index in [1.807, 2.05) is 31.5 Å². The maximum absolute atomic E-state index is 10.2. The van der Waals surface area contributed by atoms with Gasteiger partial charge in [-0.3, -0.25) is 0 Å². The smallest absolute Gasteiger partial charge is 0.236 e. The number of methoxy groups -OCH3 is 1. The van der Waals surface area contributed by atoms with Crippen LogP contribution in [0.1, 0.15) is 43.5 Å². The van der Waals surface area contributed by atoms with E-state index in [-0.39, 0.29) is 0 Å². The molecule has 2 aliphatic heterocycles. The van der Waals surface area contributed by atoms with Gasteiger partial charge in [0.25, 0.3) is 0 Å². The van der Waals surface area contributed by atoms with Crippen molar-refractivity contribution in [2.45, 2.75) is 52.1 Å². The molecule has 8 nitrogen and oxygen atoms in total. The van der Waals surface area contributed by atoms with Gasteiger partial charge in [0.2, 0.25) is 11.8 Å². The van der Waals surface area contributed by atoms with Crippen LogP contribution in [0.25, 0.3) is 5.69 Å². The Kier molecular flexibility index (Phi) is 7.02. The summed E-state index contributed by atoms with van der Waals surface area (Å²) in [4.78, 5) is 6.77. The molecule has 1 fully saturated rings. The first-order valence-electron chi connectivity index (χ1n) is 11.6. The summed E-state index contributed by atoms with van der Waals surface area (Å²) in [6.07, 6.45) is 5.64. The SMILES string of the molecule is COc1ncc(-n2nc(OCC3CCCN(CC(C)(C)O)C3)c3c2CCOCC3)cc1C. The monoisotopic (exact) mass is 444 g/mol. The average molecular weight is 445 g/mol. The summed E-state index contributed by atoms with van der Waals surface area (Å²) in [7, 11) is 1.63. The maximum atomic E-state index is 10.2. The molecule has 0 bridgehead atoms. The van der Waals surface area contributed by atoms with Crippen LogP contribution in [-0.2, 0) is 17.6 Å². The van der Waals surface area contributed by atoms with Gasteiger partial charge < -0.3 is 24.2 Å². The molecule has 2 aliphatic rings. The predicted molar refractivity (Wildman–Crippen MR) is 122 cm³/mol. The summed E-state index contributed by atoms with van der Waals surface area (Å²) < 4.78 is 19.3. The van der Waals surface area contributed by atoms with Crippen molar-refractivity contribution in [2.75, 3.05) is 46.6 Å². The number of aromatic nitrogens is 3. The zero-order valence-corrected chi connectivity index (χ0v) is 19.8. The number of pyridine rings is 1. The van der Waals surface area contributed by atoms with Crippen LogP contribution in [-0.4, -0.2) is 76.9 Å². The second kappa shape index (κ2) is 9.77. The summed E-state index contributed by atoms with van der Waals surface area (Å²) in [6, 6.07) is 2.05. The lowest BCUT2D eigenvalue weighted by Gasteiger charge is -2.35. The van der Waals surface area contributed by atoms with E-state index >= 15 is 0 Å². The standard InChI is InChI=1S/C24H36N4O4/c1-17-12-19(13-25-22(17)30-4)28-21-8-11-31-10-7-20(21)23(26-28)32-15-18-6-5-9-27(14-18)16-24(2,3)29/h12-13,18,29H,5-11,14-16H2,1-4H3. The topological polar surface area (TPSA) is 81.9 Å². The van der Waals surface area contributed by atoms with E-state index in [1.165, 1.54) is 0 Å². The van der Waals surface area contributed by atoms with Gasteiger partial charge in [0.1, 0.15) is 0 Å². The molecule has 0 amide bonds. The molecule has 0 aliphatic carbocycles. The van der Waals surface area contributed by atoms with Crippen molar-refractivity contribution < 1.29 is 19.3 Å². The molecular formula is C24H36N4O4. The molecule has 0 saturated carbocycles. The first-order chi connectivity index (χ1) is 15.3. The Hall–Kier alpha value is -2.16. The first kappa shape index (κ1) is 23.0. The van der Waals surface area contributed by atoms with Gasteiger partial charge in [-0.1, -0.05) is 0 Å². The Balaban J connectivity index is 1.52. The summed E-state index contributed by atoms with van der Waals surface area (Å²) in [5.74, 6) is 1.76. The average Bonchev–Trinajstić information content (AvgIpc) is 2.91. The van der Waals surface area contributed by atoms with Gasteiger partial charge >= 0.3 is 0 Å². The molecule has 0 spiro atoms. The fourth-order valence-electron chi connectivity index (χ4n) is 4.80. The van der Waals surface area contributed by atoms with Gasteiger partial charge in [-0.15, -0.1) is 5.10 Å². The third-order valence-electron chi connectivity index (χ3n) is 6.16. The number of hydrogen-bond donors (Lipinski definition) is 1. The van der Waals surface area contributed by atoms with Gasteiger partial charge in [0.15, 0.2) is 0 Å². The van der Waals surface area contributed by atoms with Crippen molar-refractivity contribution in [3.63, 3.8) is 0 Å². The van der Waals surface area contributed by atoms with E-state index in [2.05, 4.69) is 9.88 Å². The molecule has 4 rings (SSSR count). The van der Waals surface area contributed by atoms with E-state index in [0.29, 0.717) is 44.0 Å². The van der Waals surface area contributed by atoms with Crippen LogP contribution >= 0.6 is 0 Å². The van der Waals surface area contributed by atoms with Gasteiger partial charge in [-0.25, -0.2) is 9.67 Å². The highest BCUT2D eigenvalue weighted by Gasteiger charge is 2.27. The van der Waals surface area contributed by atoms with Crippen molar-refractivity contribution in [1.29, 1.82) is 0 Å². The molecule has 32 heavy (non-hydrogen) atoms. The van der Waals surface area contributed by atoms with Crippen LogP contribution in [0, 0.1) is 12.8 Å². The number of likely N-dealkylation sites (tertiary alicyclic amines) is 1. The number of rotatable bonds is 7. The van der Waals surface area contributed by atoms with E-state index in [4.69, 9.17) is 19.3 Å². The van der Waals surface area contributed by atoms with Gasteiger partial charge in [-0.05, 0) is 46.2 Å². The molecule has 1 atom stereocenters. The zero-order chi connectivity index (χ0) is 22.7. The highest BCUT2D eigenvalue weighted by Crippen LogP contribution is 2.30. The summed E-state index contributed by atoms with van der Waals surface area (Å²) >= 11 is 0. The number of hydrogen-bond acceptors (Lipinski definition) is 7. The molecule has 4 heterocycles. The number of nitrogens with zero attached hydrogens (tertiary/aromatic N) is 4. The van der Waals surface area contributed by atoms with Crippen LogP contribution in [0.3, 0.4) is 0 Å². The molecule has 2 aromatic rings. The Morgan fingerprint density at radius 3 is 2.81 bits per heavy atom. The molecule has 0 radical (unpaired) electrons. The minimum atomic E-state index is -0.677. The second-order valence-electron chi connectivity index (χ2n) is 9.64. The minimum absolute atomic E-state index is 0.429. The molecule has 2 aromatic heterocycles. The number of ether oxygens (including phenoxy) is 3. The quantitative estimate of drug-likeness (QED) is 0.703. The number of fused-ring (bicyclic) bond motifs is 1.